The molecule has 1 aliphatic rings. The number of benzene rings is 3. The third kappa shape index (κ3) is 4.89. The molecule has 1 aromatic heterocycles. The van der Waals surface area contributed by atoms with Crippen molar-refractivity contribution in [2.24, 2.45) is 0 Å². The van der Waals surface area contributed by atoms with Crippen molar-refractivity contribution < 1.29 is 30.0 Å². The number of hydrogen-bond donors (Lipinski definition) is 1. The molecule has 1 radical (unpaired) electrons. The summed E-state index contributed by atoms with van der Waals surface area (Å²) in [4.78, 5) is 13.3. The molecule has 0 amide bonds. The zero-order chi connectivity index (χ0) is 23.8. The van der Waals surface area contributed by atoms with Crippen LogP contribution >= 0.6 is 0 Å². The van der Waals surface area contributed by atoms with Gasteiger partial charge in [0, 0.05) is 20.1 Å². The summed E-state index contributed by atoms with van der Waals surface area (Å²) in [6.07, 6.45) is 1.28. The average molecular weight is 628 g/mol. The number of aliphatic hydroxyl groups is 1. The molecule has 2 N–H and O–H groups in total. The third-order valence-electron chi connectivity index (χ3n) is 6.09. The summed E-state index contributed by atoms with van der Waals surface area (Å²) in [6, 6.07) is 27.2. The van der Waals surface area contributed by atoms with E-state index in [1.165, 1.54) is 53.1 Å². The predicted octanol–water partition coefficient (Wildman–Crippen LogP) is 7.33. The topological polar surface area (TPSA) is 54.5 Å². The maximum absolute atomic E-state index is 8.40. The Balaban J connectivity index is 0.000000357. The zero-order valence-corrected chi connectivity index (χ0v) is 22.5. The molecule has 4 aromatic rings. The van der Waals surface area contributed by atoms with Crippen LogP contribution < -0.4 is 0 Å². The number of fused-ring (bicyclic) bond motifs is 4. The summed E-state index contributed by atoms with van der Waals surface area (Å²) in [7, 11) is 0. The van der Waals surface area contributed by atoms with E-state index >= 15 is 0 Å². The summed E-state index contributed by atoms with van der Waals surface area (Å²) in [6.45, 7) is 9.80. The minimum Gasteiger partial charge on any atom is -0.512 e. The van der Waals surface area contributed by atoms with Crippen molar-refractivity contribution in [1.82, 2.24) is 4.98 Å². The van der Waals surface area contributed by atoms with Crippen LogP contribution in [0, 0.1) is 13.0 Å². The van der Waals surface area contributed by atoms with Crippen LogP contribution in [0.5, 0.6) is 0 Å². The second-order valence-corrected chi connectivity index (χ2v) is 9.08. The molecule has 0 bridgehead atoms. The summed E-state index contributed by atoms with van der Waals surface area (Å²) in [5.74, 6) is 0.250. The molecule has 1 heterocycles. The van der Waals surface area contributed by atoms with Crippen molar-refractivity contribution in [3.8, 4) is 22.4 Å². The van der Waals surface area contributed by atoms with Crippen molar-refractivity contribution in [3.05, 3.63) is 101 Å². The molecule has 3 nitrogen and oxygen atoms in total. The number of aliphatic hydroxyl groups excluding tert-OH is 1. The first-order valence-electron chi connectivity index (χ1n) is 11.1. The monoisotopic (exact) mass is 628 g/mol. The van der Waals surface area contributed by atoms with Gasteiger partial charge in [0.05, 0.1) is 24.3 Å². The van der Waals surface area contributed by atoms with Crippen molar-refractivity contribution in [2.45, 2.75) is 40.0 Å². The molecule has 0 fully saturated rings. The first-order chi connectivity index (χ1) is 15.7. The fourth-order valence-corrected chi connectivity index (χ4v) is 4.61. The Kier molecular flexibility index (Phi) is 7.55. The SMILES string of the molecule is CC(=[OH+])/C=C(/C)O.Cc1[c-]c(-c2ccc3ccccc3n2)cc2c1-c1ccccc1C2(C)C.[Ir]. The summed E-state index contributed by atoms with van der Waals surface area (Å²) in [5, 5.41) is 9.57. The van der Waals surface area contributed by atoms with Gasteiger partial charge < -0.3 is 5.11 Å². The third-order valence-corrected chi connectivity index (χ3v) is 6.09. The molecule has 0 spiro atoms. The quantitative estimate of drug-likeness (QED) is 0.110. The Bertz CT molecular complexity index is 1400. The van der Waals surface area contributed by atoms with Crippen LogP contribution in [-0.2, 0) is 25.5 Å². The van der Waals surface area contributed by atoms with Gasteiger partial charge in [-0.05, 0) is 35.0 Å². The number of nitrogens with zero attached hydrogens (tertiary/aromatic N) is 1. The van der Waals surface area contributed by atoms with Crippen LogP contribution in [0.15, 0.2) is 78.6 Å². The molecule has 0 saturated heterocycles. The zero-order valence-electron chi connectivity index (χ0n) is 20.1. The smallest absolute Gasteiger partial charge is 0.316 e. The van der Waals surface area contributed by atoms with E-state index in [0.717, 1.165) is 16.8 Å². The van der Waals surface area contributed by atoms with Crippen molar-refractivity contribution in [3.63, 3.8) is 0 Å². The van der Waals surface area contributed by atoms with E-state index in [1.807, 2.05) is 6.07 Å². The minimum atomic E-state index is -0.00259. The van der Waals surface area contributed by atoms with E-state index in [0.29, 0.717) is 0 Å². The Morgan fingerprint density at radius 2 is 1.65 bits per heavy atom. The van der Waals surface area contributed by atoms with Crippen LogP contribution in [0.25, 0.3) is 33.3 Å². The van der Waals surface area contributed by atoms with Crippen LogP contribution in [0.3, 0.4) is 0 Å². The number of aryl methyl sites for hydroxylation is 1. The normalized spacial score (nSPS) is 13.3. The first kappa shape index (κ1) is 25.6. The van der Waals surface area contributed by atoms with E-state index in [9.17, 15) is 0 Å². The molecular weight excluding hydrogens is 599 g/mol. The fraction of sp³-hybridized carbons (Fsp3) is 0.200. The average Bonchev–Trinajstić information content (AvgIpc) is 3.00. The number of rotatable bonds is 2. The second-order valence-electron chi connectivity index (χ2n) is 9.08. The fourth-order valence-electron chi connectivity index (χ4n) is 4.61. The molecule has 0 unspecified atom stereocenters. The van der Waals surface area contributed by atoms with Gasteiger partial charge in [-0.1, -0.05) is 86.5 Å². The Morgan fingerprint density at radius 1 is 0.971 bits per heavy atom. The minimum absolute atomic E-state index is 0. The maximum atomic E-state index is 8.40. The molecule has 4 heteroatoms. The Morgan fingerprint density at radius 3 is 2.32 bits per heavy atom. The van der Waals surface area contributed by atoms with Gasteiger partial charge in [-0.3, -0.25) is 9.78 Å². The van der Waals surface area contributed by atoms with Gasteiger partial charge in [0.25, 0.3) is 0 Å². The predicted molar refractivity (Wildman–Crippen MR) is 137 cm³/mol. The molecule has 175 valence electrons. The van der Waals surface area contributed by atoms with Crippen LogP contribution in [0.1, 0.15) is 44.4 Å². The number of aromatic nitrogens is 1. The van der Waals surface area contributed by atoms with Gasteiger partial charge in [0.15, 0.2) is 0 Å². The molecule has 34 heavy (non-hydrogen) atoms. The van der Waals surface area contributed by atoms with E-state index in [-0.39, 0.29) is 37.1 Å². The van der Waals surface area contributed by atoms with Crippen molar-refractivity contribution >= 4 is 16.7 Å². The molecule has 3 aromatic carbocycles. The van der Waals surface area contributed by atoms with Gasteiger partial charge >= 0.3 is 5.78 Å². The van der Waals surface area contributed by atoms with Gasteiger partial charge in [0.1, 0.15) is 0 Å². The van der Waals surface area contributed by atoms with Crippen LogP contribution in [0.2, 0.25) is 0 Å². The van der Waals surface area contributed by atoms with Gasteiger partial charge in [0.2, 0.25) is 0 Å². The molecule has 0 saturated carbocycles. The number of ketones is 1. The second kappa shape index (κ2) is 10.0. The molecule has 5 rings (SSSR count). The van der Waals surface area contributed by atoms with Gasteiger partial charge in [-0.15, -0.1) is 28.8 Å². The number of allylic oxidation sites excluding steroid dienone is 2. The molecular formula is C30H29IrNO2. The first-order valence-corrected chi connectivity index (χ1v) is 11.1. The Labute approximate surface area is 214 Å². The molecule has 1 aliphatic carbocycles. The molecule has 0 atom stereocenters. The van der Waals surface area contributed by atoms with E-state index in [2.05, 4.69) is 87.5 Å². The van der Waals surface area contributed by atoms with Gasteiger partial charge in [-0.25, -0.2) is 0 Å². The van der Waals surface area contributed by atoms with E-state index in [1.54, 1.807) is 0 Å². The molecule has 0 aliphatic heterocycles. The van der Waals surface area contributed by atoms with Crippen LogP contribution in [-0.4, -0.2) is 20.7 Å². The number of hydrogen-bond acceptors (Lipinski definition) is 2. The summed E-state index contributed by atoms with van der Waals surface area (Å²) in [5.41, 5.74) is 9.75. The van der Waals surface area contributed by atoms with Crippen molar-refractivity contribution in [1.29, 1.82) is 0 Å². The summed E-state index contributed by atoms with van der Waals surface area (Å²) >= 11 is 0. The summed E-state index contributed by atoms with van der Waals surface area (Å²) < 4.78 is 0. The van der Waals surface area contributed by atoms with Crippen molar-refractivity contribution in [2.75, 3.05) is 0 Å². The van der Waals surface area contributed by atoms with Crippen LogP contribution in [0.4, 0.5) is 0 Å². The standard InChI is InChI=1S/C25H20N.C5H8O2.Ir/c1-16-14-18(23-13-12-17-8-4-7-11-22(17)26-23)15-21-24(16)19-9-5-6-10-20(19)25(21,2)3;1-4(6)3-5(2)7;/h4-13,15H,1-3H3;3,6H,1-2H3;/q-1;;/p+1/b;4-3-;. The number of carbonyl (C=O) groups excluding carboxylic acids is 1. The van der Waals surface area contributed by atoms with E-state index in [4.69, 9.17) is 14.9 Å². The number of para-hydroxylation sites is 1. The van der Waals surface area contributed by atoms with E-state index < -0.39 is 0 Å². The largest absolute Gasteiger partial charge is 0.512 e. The van der Waals surface area contributed by atoms with Gasteiger partial charge in [-0.2, -0.15) is 0 Å². The number of pyridine rings is 1. The Hall–Kier alpha value is -3.07. The maximum Gasteiger partial charge on any atom is 0.316 e.